The summed E-state index contributed by atoms with van der Waals surface area (Å²) < 4.78 is 31.7. The molecular formula is C17H18N4O3S. The fourth-order valence-electron chi connectivity index (χ4n) is 2.40. The Morgan fingerprint density at radius 3 is 2.16 bits per heavy atom. The van der Waals surface area contributed by atoms with Crippen LogP contribution in [-0.2, 0) is 16.6 Å². The average molecular weight is 358 g/mol. The summed E-state index contributed by atoms with van der Waals surface area (Å²) in [6, 6.07) is 14.4. The van der Waals surface area contributed by atoms with Crippen LogP contribution in [-0.4, -0.2) is 42.3 Å². The van der Waals surface area contributed by atoms with E-state index in [0.29, 0.717) is 5.69 Å². The summed E-state index contributed by atoms with van der Waals surface area (Å²) in [4.78, 5) is 0.232. The van der Waals surface area contributed by atoms with Crippen molar-refractivity contribution in [1.82, 2.24) is 19.7 Å². The molecule has 2 aromatic carbocycles. The Bertz CT molecular complexity index is 921. The Kier molecular flexibility index (Phi) is 4.82. The van der Waals surface area contributed by atoms with E-state index >= 15 is 0 Å². The minimum absolute atomic E-state index is 0.152. The molecule has 3 rings (SSSR count). The number of aromatic amines is 1. The Morgan fingerprint density at radius 2 is 1.64 bits per heavy atom. The number of methoxy groups -OCH3 is 1. The van der Waals surface area contributed by atoms with Gasteiger partial charge < -0.3 is 4.74 Å². The van der Waals surface area contributed by atoms with Crippen LogP contribution in [0.3, 0.4) is 0 Å². The summed E-state index contributed by atoms with van der Waals surface area (Å²) in [5.74, 6) is 0.775. The van der Waals surface area contributed by atoms with Crippen molar-refractivity contribution in [3.05, 3.63) is 60.4 Å². The predicted octanol–water partition coefficient (Wildman–Crippen LogP) is 2.30. The number of hydrogen-bond acceptors (Lipinski definition) is 5. The highest BCUT2D eigenvalue weighted by Crippen LogP contribution is 2.25. The Balaban J connectivity index is 1.80. The zero-order valence-electron chi connectivity index (χ0n) is 13.9. The average Bonchev–Trinajstić information content (AvgIpc) is 3.15. The topological polar surface area (TPSA) is 88.2 Å². The first-order chi connectivity index (χ1) is 12.0. The highest BCUT2D eigenvalue weighted by atomic mass is 32.2. The van der Waals surface area contributed by atoms with Gasteiger partial charge in [0, 0.05) is 13.2 Å². The first-order valence-electron chi connectivity index (χ1n) is 7.57. The molecule has 0 aliphatic heterocycles. The summed E-state index contributed by atoms with van der Waals surface area (Å²) in [5.41, 5.74) is 2.47. The number of hydrogen-bond donors (Lipinski definition) is 1. The second-order valence-corrected chi connectivity index (χ2v) is 7.52. The summed E-state index contributed by atoms with van der Waals surface area (Å²) >= 11 is 0. The number of rotatable bonds is 6. The van der Waals surface area contributed by atoms with E-state index in [9.17, 15) is 8.42 Å². The number of ether oxygens (including phenoxy) is 1. The third kappa shape index (κ3) is 3.70. The number of aromatic nitrogens is 3. The molecule has 0 aliphatic carbocycles. The largest absolute Gasteiger partial charge is 0.497 e. The van der Waals surface area contributed by atoms with Crippen molar-refractivity contribution >= 4 is 10.0 Å². The lowest BCUT2D eigenvalue weighted by Gasteiger charge is -2.16. The van der Waals surface area contributed by atoms with Crippen molar-refractivity contribution in [2.75, 3.05) is 14.2 Å². The number of nitrogens with one attached hydrogen (secondary N) is 1. The van der Waals surface area contributed by atoms with Gasteiger partial charge in [-0.15, -0.1) is 5.10 Å². The van der Waals surface area contributed by atoms with Gasteiger partial charge in [0.25, 0.3) is 0 Å². The van der Waals surface area contributed by atoms with Crippen molar-refractivity contribution in [1.29, 1.82) is 0 Å². The molecule has 0 saturated heterocycles. The molecule has 0 amide bonds. The molecule has 0 spiro atoms. The zero-order chi connectivity index (χ0) is 17.9. The highest BCUT2D eigenvalue weighted by molar-refractivity contribution is 7.89. The summed E-state index contributed by atoms with van der Waals surface area (Å²) in [7, 11) is -0.462. The molecule has 25 heavy (non-hydrogen) atoms. The van der Waals surface area contributed by atoms with E-state index < -0.39 is 10.0 Å². The second kappa shape index (κ2) is 7.04. The molecule has 1 heterocycles. The van der Waals surface area contributed by atoms with Crippen LogP contribution in [0.1, 0.15) is 5.69 Å². The first-order valence-corrected chi connectivity index (χ1v) is 9.01. The lowest BCUT2D eigenvalue weighted by Crippen LogP contribution is -2.26. The van der Waals surface area contributed by atoms with Crippen LogP contribution in [0.4, 0.5) is 0 Å². The standard InChI is InChI=1S/C17H18N4O3S/c1-21(12-15-11-18-20-19-15)25(22,23)17-9-5-14(6-10-17)13-3-7-16(24-2)8-4-13/h3-11H,12H2,1-2H3,(H,18,19,20). The van der Waals surface area contributed by atoms with Gasteiger partial charge >= 0.3 is 0 Å². The number of sulfonamides is 1. The first kappa shape index (κ1) is 17.1. The smallest absolute Gasteiger partial charge is 0.243 e. The fraction of sp³-hybridized carbons (Fsp3) is 0.176. The van der Waals surface area contributed by atoms with E-state index in [1.807, 2.05) is 24.3 Å². The Hall–Kier alpha value is -2.71. The molecule has 0 unspecified atom stereocenters. The summed E-state index contributed by atoms with van der Waals surface area (Å²) in [5, 5.41) is 9.96. The lowest BCUT2D eigenvalue weighted by atomic mass is 10.1. The minimum Gasteiger partial charge on any atom is -0.497 e. The molecule has 0 saturated carbocycles. The van der Waals surface area contributed by atoms with Crippen LogP contribution in [0.5, 0.6) is 5.75 Å². The van der Waals surface area contributed by atoms with Crippen LogP contribution >= 0.6 is 0 Å². The van der Waals surface area contributed by atoms with Gasteiger partial charge in [-0.05, 0) is 35.4 Å². The Morgan fingerprint density at radius 1 is 1.04 bits per heavy atom. The third-order valence-electron chi connectivity index (χ3n) is 3.84. The summed E-state index contributed by atoms with van der Waals surface area (Å²) in [6.07, 6.45) is 1.57. The van der Waals surface area contributed by atoms with Crippen molar-refractivity contribution in [2.24, 2.45) is 0 Å². The van der Waals surface area contributed by atoms with E-state index in [1.54, 1.807) is 37.6 Å². The molecule has 0 fully saturated rings. The maximum absolute atomic E-state index is 12.6. The van der Waals surface area contributed by atoms with E-state index in [-0.39, 0.29) is 11.4 Å². The van der Waals surface area contributed by atoms with Gasteiger partial charge in [-0.25, -0.2) is 8.42 Å². The second-order valence-electron chi connectivity index (χ2n) is 5.48. The molecule has 0 bridgehead atoms. The minimum atomic E-state index is -3.59. The highest BCUT2D eigenvalue weighted by Gasteiger charge is 2.21. The van der Waals surface area contributed by atoms with Gasteiger partial charge in [0.15, 0.2) is 0 Å². The van der Waals surface area contributed by atoms with E-state index in [2.05, 4.69) is 15.4 Å². The third-order valence-corrected chi connectivity index (χ3v) is 5.66. The van der Waals surface area contributed by atoms with Gasteiger partial charge in [0.05, 0.1) is 24.2 Å². The van der Waals surface area contributed by atoms with Gasteiger partial charge in [-0.3, -0.25) is 5.10 Å². The Labute approximate surface area is 146 Å². The maximum atomic E-state index is 12.6. The van der Waals surface area contributed by atoms with Gasteiger partial charge in [-0.1, -0.05) is 29.5 Å². The van der Waals surface area contributed by atoms with E-state index in [1.165, 1.54) is 11.4 Å². The van der Waals surface area contributed by atoms with Crippen molar-refractivity contribution in [2.45, 2.75) is 11.4 Å². The van der Waals surface area contributed by atoms with Crippen LogP contribution in [0.15, 0.2) is 59.6 Å². The number of H-pyrrole nitrogens is 1. The van der Waals surface area contributed by atoms with E-state index in [4.69, 9.17) is 4.74 Å². The van der Waals surface area contributed by atoms with Crippen LogP contribution < -0.4 is 4.74 Å². The molecule has 1 N–H and O–H groups in total. The monoisotopic (exact) mass is 358 g/mol. The number of benzene rings is 2. The SMILES string of the molecule is COc1ccc(-c2ccc(S(=O)(=O)N(C)Cc3c[nH]nn3)cc2)cc1. The van der Waals surface area contributed by atoms with Gasteiger partial charge in [0.2, 0.25) is 10.0 Å². The molecule has 0 atom stereocenters. The molecule has 0 aliphatic rings. The lowest BCUT2D eigenvalue weighted by molar-refractivity contribution is 0.415. The molecular weight excluding hydrogens is 340 g/mol. The van der Waals surface area contributed by atoms with Gasteiger partial charge in [0.1, 0.15) is 5.75 Å². The predicted molar refractivity (Wildman–Crippen MR) is 93.5 cm³/mol. The zero-order valence-corrected chi connectivity index (χ0v) is 14.7. The van der Waals surface area contributed by atoms with Gasteiger partial charge in [-0.2, -0.15) is 4.31 Å². The summed E-state index contributed by atoms with van der Waals surface area (Å²) in [6.45, 7) is 0.152. The van der Waals surface area contributed by atoms with Crippen molar-refractivity contribution in [3.63, 3.8) is 0 Å². The number of nitrogens with zero attached hydrogens (tertiary/aromatic N) is 3. The van der Waals surface area contributed by atoms with Crippen molar-refractivity contribution < 1.29 is 13.2 Å². The maximum Gasteiger partial charge on any atom is 0.243 e. The van der Waals surface area contributed by atoms with Crippen LogP contribution in [0.25, 0.3) is 11.1 Å². The molecule has 8 heteroatoms. The molecule has 130 valence electrons. The van der Waals surface area contributed by atoms with Crippen LogP contribution in [0, 0.1) is 0 Å². The quantitative estimate of drug-likeness (QED) is 0.730. The molecule has 0 radical (unpaired) electrons. The molecule has 7 nitrogen and oxygen atoms in total. The molecule has 3 aromatic rings. The van der Waals surface area contributed by atoms with Crippen LogP contribution in [0.2, 0.25) is 0 Å². The van der Waals surface area contributed by atoms with Crippen molar-refractivity contribution in [3.8, 4) is 16.9 Å². The molecule has 1 aromatic heterocycles. The van der Waals surface area contributed by atoms with E-state index in [0.717, 1.165) is 16.9 Å². The normalized spacial score (nSPS) is 11.6. The fourth-order valence-corrected chi connectivity index (χ4v) is 3.54.